The fraction of sp³-hybridized carbons (Fsp3) is 0.462. The molecule has 4 nitrogen and oxygen atoms in total. The van der Waals surface area contributed by atoms with Crippen molar-refractivity contribution in [2.24, 2.45) is 0 Å². The number of ether oxygens (including phenoxy) is 1. The molecule has 1 heterocycles. The van der Waals surface area contributed by atoms with E-state index in [-0.39, 0.29) is 12.3 Å². The molecule has 1 aliphatic rings. The van der Waals surface area contributed by atoms with Gasteiger partial charge in [0, 0.05) is 6.54 Å². The second-order valence-corrected chi connectivity index (χ2v) is 4.38. The number of hydrogen-bond donors (Lipinski definition) is 1. The van der Waals surface area contributed by atoms with E-state index < -0.39 is 12.0 Å². The third kappa shape index (κ3) is 2.48. The fourth-order valence-electron chi connectivity index (χ4n) is 2.32. The second-order valence-electron chi connectivity index (χ2n) is 4.38. The highest BCUT2D eigenvalue weighted by Crippen LogP contribution is 2.25. The van der Waals surface area contributed by atoms with E-state index in [0.717, 1.165) is 5.56 Å². The van der Waals surface area contributed by atoms with Crippen molar-refractivity contribution in [1.82, 2.24) is 4.90 Å². The molecule has 4 heteroatoms. The Balaban J connectivity index is 2.15. The summed E-state index contributed by atoms with van der Waals surface area (Å²) in [6.45, 7) is 4.30. The SMILES string of the molecule is CC1O[C@H](C)[C@@H](C(=O)O)N1Cc1ccccc1. The van der Waals surface area contributed by atoms with Gasteiger partial charge in [0.2, 0.25) is 0 Å². The molecule has 0 bridgehead atoms. The van der Waals surface area contributed by atoms with Gasteiger partial charge in [-0.1, -0.05) is 30.3 Å². The van der Waals surface area contributed by atoms with E-state index in [1.165, 1.54) is 0 Å². The maximum atomic E-state index is 11.2. The molecule has 1 unspecified atom stereocenters. The Kier molecular flexibility index (Phi) is 3.45. The first-order valence-electron chi connectivity index (χ1n) is 5.77. The molecule has 1 fully saturated rings. The molecule has 0 spiro atoms. The van der Waals surface area contributed by atoms with Crippen molar-refractivity contribution in [2.75, 3.05) is 0 Å². The van der Waals surface area contributed by atoms with Crippen molar-refractivity contribution < 1.29 is 14.6 Å². The molecule has 1 aliphatic heterocycles. The molecule has 92 valence electrons. The summed E-state index contributed by atoms with van der Waals surface area (Å²) in [4.78, 5) is 13.1. The summed E-state index contributed by atoms with van der Waals surface area (Å²) in [5, 5.41) is 9.23. The van der Waals surface area contributed by atoms with Gasteiger partial charge < -0.3 is 9.84 Å². The molecule has 17 heavy (non-hydrogen) atoms. The fourth-order valence-corrected chi connectivity index (χ4v) is 2.32. The molecule has 1 N–H and O–H groups in total. The summed E-state index contributed by atoms with van der Waals surface area (Å²) < 4.78 is 5.56. The molecule has 0 radical (unpaired) electrons. The summed E-state index contributed by atoms with van der Waals surface area (Å²) in [5.41, 5.74) is 1.10. The lowest BCUT2D eigenvalue weighted by Gasteiger charge is -2.23. The van der Waals surface area contributed by atoms with Crippen molar-refractivity contribution in [2.45, 2.75) is 38.8 Å². The molecule has 1 aromatic rings. The van der Waals surface area contributed by atoms with Crippen molar-refractivity contribution in [3.05, 3.63) is 35.9 Å². The summed E-state index contributed by atoms with van der Waals surface area (Å²) in [6, 6.07) is 9.28. The van der Waals surface area contributed by atoms with Gasteiger partial charge in [0.05, 0.1) is 6.10 Å². The minimum absolute atomic E-state index is 0.161. The van der Waals surface area contributed by atoms with Gasteiger partial charge in [-0.15, -0.1) is 0 Å². The minimum Gasteiger partial charge on any atom is -0.480 e. The average Bonchev–Trinajstić information content (AvgIpc) is 2.55. The van der Waals surface area contributed by atoms with Gasteiger partial charge in [0.25, 0.3) is 0 Å². The van der Waals surface area contributed by atoms with Crippen LogP contribution in [0.5, 0.6) is 0 Å². The summed E-state index contributed by atoms with van der Waals surface area (Å²) in [5.74, 6) is -0.821. The van der Waals surface area contributed by atoms with E-state index in [4.69, 9.17) is 4.74 Å². The van der Waals surface area contributed by atoms with Crippen LogP contribution in [0.3, 0.4) is 0 Å². The number of benzene rings is 1. The molecule has 2 rings (SSSR count). The standard InChI is InChI=1S/C13H17NO3/c1-9-12(13(15)16)14(10(2)17-9)8-11-6-4-3-5-7-11/h3-7,9-10,12H,8H2,1-2H3,(H,15,16)/t9-,10?,12+/m1/s1. The zero-order valence-corrected chi connectivity index (χ0v) is 10.0. The van der Waals surface area contributed by atoms with E-state index in [2.05, 4.69) is 0 Å². The Hall–Kier alpha value is -1.39. The van der Waals surface area contributed by atoms with Crippen molar-refractivity contribution in [3.8, 4) is 0 Å². The predicted octanol–water partition coefficient (Wildman–Crippen LogP) is 1.71. The number of carbonyl (C=O) groups is 1. The molecule has 0 aliphatic carbocycles. The van der Waals surface area contributed by atoms with Gasteiger partial charge in [-0.25, -0.2) is 0 Å². The number of rotatable bonds is 3. The van der Waals surface area contributed by atoms with Crippen molar-refractivity contribution in [1.29, 1.82) is 0 Å². The second kappa shape index (κ2) is 4.85. The zero-order valence-electron chi connectivity index (χ0n) is 10.0. The third-order valence-corrected chi connectivity index (χ3v) is 3.14. The van der Waals surface area contributed by atoms with Gasteiger partial charge in [0.1, 0.15) is 12.3 Å². The largest absolute Gasteiger partial charge is 0.480 e. The van der Waals surface area contributed by atoms with Crippen LogP contribution in [0, 0.1) is 0 Å². The maximum Gasteiger partial charge on any atom is 0.323 e. The Morgan fingerprint density at radius 2 is 2.00 bits per heavy atom. The van der Waals surface area contributed by atoms with Crippen LogP contribution in [0.15, 0.2) is 30.3 Å². The van der Waals surface area contributed by atoms with Gasteiger partial charge in [-0.2, -0.15) is 0 Å². The Bertz CT molecular complexity index is 393. The lowest BCUT2D eigenvalue weighted by atomic mass is 10.1. The number of nitrogens with zero attached hydrogens (tertiary/aromatic N) is 1. The van der Waals surface area contributed by atoms with Crippen LogP contribution in [-0.2, 0) is 16.1 Å². The van der Waals surface area contributed by atoms with Crippen molar-refractivity contribution in [3.63, 3.8) is 0 Å². The van der Waals surface area contributed by atoms with E-state index in [9.17, 15) is 9.90 Å². The monoisotopic (exact) mass is 235 g/mol. The normalized spacial score (nSPS) is 29.4. The van der Waals surface area contributed by atoms with E-state index in [1.807, 2.05) is 42.2 Å². The highest BCUT2D eigenvalue weighted by Gasteiger charge is 2.41. The Labute approximate surface area is 101 Å². The van der Waals surface area contributed by atoms with Gasteiger partial charge >= 0.3 is 5.97 Å². The van der Waals surface area contributed by atoms with E-state index in [1.54, 1.807) is 6.92 Å². The quantitative estimate of drug-likeness (QED) is 0.866. The summed E-state index contributed by atoms with van der Waals surface area (Å²) >= 11 is 0. The minimum atomic E-state index is -0.821. The van der Waals surface area contributed by atoms with E-state index >= 15 is 0 Å². The van der Waals surface area contributed by atoms with Crippen LogP contribution in [0.4, 0.5) is 0 Å². The van der Waals surface area contributed by atoms with Gasteiger partial charge in [-0.3, -0.25) is 9.69 Å². The van der Waals surface area contributed by atoms with Crippen molar-refractivity contribution >= 4 is 5.97 Å². The number of aliphatic carboxylic acids is 1. The van der Waals surface area contributed by atoms with Crippen LogP contribution < -0.4 is 0 Å². The first-order chi connectivity index (χ1) is 8.09. The summed E-state index contributed by atoms with van der Waals surface area (Å²) in [7, 11) is 0. The van der Waals surface area contributed by atoms with Crippen LogP contribution in [0.1, 0.15) is 19.4 Å². The first-order valence-corrected chi connectivity index (χ1v) is 5.77. The molecule has 0 saturated carbocycles. The lowest BCUT2D eigenvalue weighted by molar-refractivity contribution is -0.143. The topological polar surface area (TPSA) is 49.8 Å². The zero-order chi connectivity index (χ0) is 12.4. The molecular formula is C13H17NO3. The predicted molar refractivity (Wildman–Crippen MR) is 63.4 cm³/mol. The number of carboxylic acid groups (broad SMARTS) is 1. The maximum absolute atomic E-state index is 11.2. The highest BCUT2D eigenvalue weighted by molar-refractivity contribution is 5.74. The van der Waals surface area contributed by atoms with Crippen LogP contribution >= 0.6 is 0 Å². The van der Waals surface area contributed by atoms with Crippen LogP contribution in [0.2, 0.25) is 0 Å². The Morgan fingerprint density at radius 3 is 2.59 bits per heavy atom. The van der Waals surface area contributed by atoms with Gasteiger partial charge in [-0.05, 0) is 19.4 Å². The van der Waals surface area contributed by atoms with Crippen LogP contribution in [0.25, 0.3) is 0 Å². The molecule has 0 aromatic heterocycles. The lowest BCUT2D eigenvalue weighted by Crippen LogP contribution is -2.42. The molecule has 1 aromatic carbocycles. The third-order valence-electron chi connectivity index (χ3n) is 3.14. The number of hydrogen-bond acceptors (Lipinski definition) is 3. The summed E-state index contributed by atoms with van der Waals surface area (Å²) in [6.07, 6.45) is -0.433. The molecule has 3 atom stereocenters. The average molecular weight is 235 g/mol. The number of carboxylic acids is 1. The highest BCUT2D eigenvalue weighted by atomic mass is 16.5. The first kappa shape index (κ1) is 12.1. The smallest absolute Gasteiger partial charge is 0.323 e. The molecular weight excluding hydrogens is 218 g/mol. The molecule has 0 amide bonds. The molecule has 1 saturated heterocycles. The van der Waals surface area contributed by atoms with E-state index in [0.29, 0.717) is 6.54 Å². The van der Waals surface area contributed by atoms with Crippen LogP contribution in [-0.4, -0.2) is 34.3 Å². The van der Waals surface area contributed by atoms with Gasteiger partial charge in [0.15, 0.2) is 0 Å². The Morgan fingerprint density at radius 1 is 1.35 bits per heavy atom.